The summed E-state index contributed by atoms with van der Waals surface area (Å²) in [6.07, 6.45) is 6.63. The van der Waals surface area contributed by atoms with E-state index in [0.29, 0.717) is 12.1 Å². The molecule has 7 heteroatoms. The van der Waals surface area contributed by atoms with Gasteiger partial charge in [-0.05, 0) is 29.9 Å². The first-order valence-electron chi connectivity index (χ1n) is 11.1. The van der Waals surface area contributed by atoms with Gasteiger partial charge in [-0.2, -0.15) is 0 Å². The van der Waals surface area contributed by atoms with Crippen molar-refractivity contribution in [1.29, 1.82) is 5.41 Å². The lowest BCUT2D eigenvalue weighted by molar-refractivity contribution is -0.128. The Morgan fingerprint density at radius 1 is 1.18 bits per heavy atom. The molecule has 0 bridgehead atoms. The summed E-state index contributed by atoms with van der Waals surface area (Å²) in [5, 5.41) is 15.9. The van der Waals surface area contributed by atoms with Crippen molar-refractivity contribution in [2.75, 3.05) is 13.1 Å². The molecule has 0 saturated carbocycles. The minimum atomic E-state index is -0.611. The van der Waals surface area contributed by atoms with Crippen molar-refractivity contribution in [3.05, 3.63) is 72.4 Å². The lowest BCUT2D eigenvalue weighted by atomic mass is 9.97. The van der Waals surface area contributed by atoms with E-state index >= 15 is 0 Å². The Bertz CT molecular complexity index is 820. The minimum absolute atomic E-state index is 0.00647. The van der Waals surface area contributed by atoms with Crippen LogP contribution in [0.3, 0.4) is 0 Å². The molecule has 0 aliphatic carbocycles. The lowest BCUT2D eigenvalue weighted by Crippen LogP contribution is -2.47. The second-order valence-electron chi connectivity index (χ2n) is 8.82. The zero-order chi connectivity index (χ0) is 25.4. The fourth-order valence-electron chi connectivity index (χ4n) is 2.54. The maximum Gasteiger partial charge on any atom is 0.242 e. The standard InChI is InChI=1S/C18H29N5O2.C8H12/c1-12(23-15(24)10-21-11-18(2,3)4)17(25)22-9-13-5-7-14(8-6-13)16(19)20;1-4-7-8(5-2)6-3/h5-8,12,21H,9-11H2,1-4H3,(H3,19,20)(H,22,25)(H,23,24);4-5,7H,1-2,6H2,3H3/b;8-7+. The summed E-state index contributed by atoms with van der Waals surface area (Å²) >= 11 is 0. The van der Waals surface area contributed by atoms with E-state index in [4.69, 9.17) is 11.1 Å². The van der Waals surface area contributed by atoms with E-state index in [1.54, 1.807) is 37.3 Å². The zero-order valence-corrected chi connectivity index (χ0v) is 20.8. The van der Waals surface area contributed by atoms with Gasteiger partial charge < -0.3 is 21.7 Å². The number of nitrogens with one attached hydrogen (secondary N) is 4. The van der Waals surface area contributed by atoms with Crippen LogP contribution in [0.4, 0.5) is 0 Å². The number of nitrogens with two attached hydrogens (primary N) is 1. The first kappa shape index (κ1) is 29.8. The molecule has 33 heavy (non-hydrogen) atoms. The van der Waals surface area contributed by atoms with E-state index in [9.17, 15) is 9.59 Å². The van der Waals surface area contributed by atoms with Crippen molar-refractivity contribution in [1.82, 2.24) is 16.0 Å². The number of nitrogen functional groups attached to an aromatic ring is 1. The van der Waals surface area contributed by atoms with Gasteiger partial charge in [0.05, 0.1) is 6.54 Å². The fourth-order valence-corrected chi connectivity index (χ4v) is 2.54. The quantitative estimate of drug-likeness (QED) is 0.199. The molecule has 2 amide bonds. The normalized spacial score (nSPS) is 12.0. The molecule has 0 radical (unpaired) electrons. The SMILES string of the molecule is C=C/C=C(\C=C)CC.CC(NC(=O)CNCC(C)(C)C)C(=O)NCc1ccc(C(=N)N)cc1. The summed E-state index contributed by atoms with van der Waals surface area (Å²) in [6.45, 7) is 18.4. The van der Waals surface area contributed by atoms with E-state index in [0.717, 1.165) is 18.5 Å². The van der Waals surface area contributed by atoms with Crippen molar-refractivity contribution in [3.63, 3.8) is 0 Å². The van der Waals surface area contributed by atoms with Gasteiger partial charge in [-0.3, -0.25) is 15.0 Å². The Labute approximate surface area is 199 Å². The second kappa shape index (κ2) is 15.6. The van der Waals surface area contributed by atoms with Crippen molar-refractivity contribution in [2.24, 2.45) is 11.1 Å². The zero-order valence-electron chi connectivity index (χ0n) is 20.8. The topological polar surface area (TPSA) is 120 Å². The number of amides is 2. The van der Waals surface area contributed by atoms with Crippen LogP contribution in [0.15, 0.2) is 61.2 Å². The van der Waals surface area contributed by atoms with Crippen LogP contribution >= 0.6 is 0 Å². The Balaban J connectivity index is 0.00000109. The summed E-state index contributed by atoms with van der Waals surface area (Å²) in [5.74, 6) is -0.454. The van der Waals surface area contributed by atoms with Crippen LogP contribution in [0.5, 0.6) is 0 Å². The van der Waals surface area contributed by atoms with E-state index < -0.39 is 6.04 Å². The number of allylic oxidation sites excluding steroid dienone is 4. The lowest BCUT2D eigenvalue weighted by Gasteiger charge is -2.19. The summed E-state index contributed by atoms with van der Waals surface area (Å²) in [7, 11) is 0. The molecule has 6 N–H and O–H groups in total. The molecule has 1 atom stereocenters. The number of rotatable bonds is 11. The maximum absolute atomic E-state index is 12.1. The molecule has 1 rings (SSSR count). The van der Waals surface area contributed by atoms with Crippen LogP contribution in [0.2, 0.25) is 0 Å². The Kier molecular flexibility index (Phi) is 14.1. The second-order valence-corrected chi connectivity index (χ2v) is 8.82. The summed E-state index contributed by atoms with van der Waals surface area (Å²) in [6, 6.07) is 6.46. The van der Waals surface area contributed by atoms with Crippen LogP contribution in [0.25, 0.3) is 0 Å². The van der Waals surface area contributed by atoms with Crippen LogP contribution in [0.1, 0.15) is 52.2 Å². The molecule has 1 aromatic rings. The number of hydrogen-bond donors (Lipinski definition) is 5. The monoisotopic (exact) mass is 455 g/mol. The molecule has 1 unspecified atom stereocenters. The van der Waals surface area contributed by atoms with Crippen LogP contribution in [-0.4, -0.2) is 36.8 Å². The summed E-state index contributed by atoms with van der Waals surface area (Å²) < 4.78 is 0. The van der Waals surface area contributed by atoms with Crippen LogP contribution in [-0.2, 0) is 16.1 Å². The van der Waals surface area contributed by atoms with Crippen LogP contribution < -0.4 is 21.7 Å². The van der Waals surface area contributed by atoms with Gasteiger partial charge in [0.25, 0.3) is 0 Å². The number of carbonyl (C=O) groups is 2. The third-order valence-corrected chi connectivity index (χ3v) is 4.45. The average Bonchev–Trinajstić information content (AvgIpc) is 2.75. The molecule has 0 saturated heterocycles. The van der Waals surface area contributed by atoms with Gasteiger partial charge in [0.2, 0.25) is 11.8 Å². The number of benzene rings is 1. The molecular formula is C26H41N5O2. The molecule has 0 fully saturated rings. The highest BCUT2D eigenvalue weighted by molar-refractivity contribution is 5.94. The number of hydrogen-bond acceptors (Lipinski definition) is 4. The highest BCUT2D eigenvalue weighted by Crippen LogP contribution is 2.09. The predicted molar refractivity (Wildman–Crippen MR) is 138 cm³/mol. The molecule has 0 heterocycles. The number of carbonyl (C=O) groups excluding carboxylic acids is 2. The molecule has 182 valence electrons. The maximum atomic E-state index is 12.1. The number of amidine groups is 1. The summed E-state index contributed by atoms with van der Waals surface area (Å²) in [5.41, 5.74) is 8.26. The Morgan fingerprint density at radius 2 is 1.79 bits per heavy atom. The molecule has 1 aromatic carbocycles. The predicted octanol–water partition coefficient (Wildman–Crippen LogP) is 3.42. The van der Waals surface area contributed by atoms with Gasteiger partial charge in [0.15, 0.2) is 0 Å². The van der Waals surface area contributed by atoms with E-state index in [-0.39, 0.29) is 29.6 Å². The van der Waals surface area contributed by atoms with Crippen molar-refractivity contribution >= 4 is 17.6 Å². The third kappa shape index (κ3) is 14.5. The van der Waals surface area contributed by atoms with Crippen molar-refractivity contribution in [3.8, 4) is 0 Å². The largest absolute Gasteiger partial charge is 0.384 e. The van der Waals surface area contributed by atoms with Crippen molar-refractivity contribution < 1.29 is 9.59 Å². The van der Waals surface area contributed by atoms with Gasteiger partial charge in [0, 0.05) is 18.7 Å². The van der Waals surface area contributed by atoms with Gasteiger partial charge in [-0.25, -0.2) is 0 Å². The van der Waals surface area contributed by atoms with Crippen molar-refractivity contribution in [2.45, 2.75) is 53.6 Å². The molecule has 0 aliphatic heterocycles. The molecule has 7 nitrogen and oxygen atoms in total. The van der Waals surface area contributed by atoms with Gasteiger partial charge >= 0.3 is 0 Å². The average molecular weight is 456 g/mol. The Morgan fingerprint density at radius 3 is 2.21 bits per heavy atom. The highest BCUT2D eigenvalue weighted by atomic mass is 16.2. The third-order valence-electron chi connectivity index (χ3n) is 4.45. The van der Waals surface area contributed by atoms with Gasteiger partial charge in [0.1, 0.15) is 11.9 Å². The van der Waals surface area contributed by atoms with Crippen LogP contribution in [0, 0.1) is 10.8 Å². The van der Waals surface area contributed by atoms with E-state index in [1.165, 1.54) is 5.57 Å². The van der Waals surface area contributed by atoms with Gasteiger partial charge in [-0.1, -0.05) is 83.3 Å². The molecule has 0 aromatic heterocycles. The highest BCUT2D eigenvalue weighted by Gasteiger charge is 2.16. The minimum Gasteiger partial charge on any atom is -0.384 e. The van der Waals surface area contributed by atoms with Gasteiger partial charge in [-0.15, -0.1) is 0 Å². The van der Waals surface area contributed by atoms with E-state index in [2.05, 4.69) is 56.8 Å². The first-order chi connectivity index (χ1) is 15.4. The Hall–Kier alpha value is -3.19. The summed E-state index contributed by atoms with van der Waals surface area (Å²) in [4.78, 5) is 23.9. The fraction of sp³-hybridized carbons (Fsp3) is 0.423. The molecular weight excluding hydrogens is 414 g/mol. The van der Waals surface area contributed by atoms with E-state index in [1.807, 2.05) is 12.2 Å². The molecule has 0 aliphatic rings. The first-order valence-corrected chi connectivity index (χ1v) is 11.1. The smallest absolute Gasteiger partial charge is 0.242 e. The molecule has 0 spiro atoms.